The Morgan fingerprint density at radius 1 is 1.38 bits per heavy atom. The summed E-state index contributed by atoms with van der Waals surface area (Å²) in [6.07, 6.45) is 1.07. The van der Waals surface area contributed by atoms with Crippen LogP contribution in [-0.4, -0.2) is 49.1 Å². The summed E-state index contributed by atoms with van der Waals surface area (Å²) in [7, 11) is 3.10. The SMILES string of the molecule is CCC1CN(C(=O)c2cc(OC)c(OC)cc2N)CCS1. The third-order valence-electron chi connectivity index (χ3n) is 3.67. The second kappa shape index (κ2) is 6.93. The van der Waals surface area contributed by atoms with E-state index in [4.69, 9.17) is 15.2 Å². The Kier molecular flexibility index (Phi) is 5.22. The number of nitrogens with two attached hydrogens (primary N) is 1. The standard InChI is InChI=1S/C15H22N2O3S/c1-4-10-9-17(5-6-21-10)15(18)11-7-13(19-2)14(20-3)8-12(11)16/h7-8,10H,4-6,9,16H2,1-3H3. The minimum Gasteiger partial charge on any atom is -0.493 e. The lowest BCUT2D eigenvalue weighted by Crippen LogP contribution is -2.42. The van der Waals surface area contributed by atoms with Crippen LogP contribution in [0.1, 0.15) is 23.7 Å². The number of nitrogen functional groups attached to an aromatic ring is 1. The second-order valence-corrected chi connectivity index (χ2v) is 6.35. The molecule has 5 nitrogen and oxygen atoms in total. The van der Waals surface area contributed by atoms with Crippen LogP contribution in [0.4, 0.5) is 5.69 Å². The van der Waals surface area contributed by atoms with E-state index < -0.39 is 0 Å². The maximum Gasteiger partial charge on any atom is 0.256 e. The van der Waals surface area contributed by atoms with E-state index in [1.54, 1.807) is 26.4 Å². The maximum atomic E-state index is 12.7. The number of amides is 1. The summed E-state index contributed by atoms with van der Waals surface area (Å²) in [4.78, 5) is 14.6. The van der Waals surface area contributed by atoms with Gasteiger partial charge >= 0.3 is 0 Å². The fourth-order valence-electron chi connectivity index (χ4n) is 2.40. The highest BCUT2D eigenvalue weighted by Gasteiger charge is 2.26. The first-order chi connectivity index (χ1) is 10.1. The van der Waals surface area contributed by atoms with E-state index in [1.165, 1.54) is 0 Å². The summed E-state index contributed by atoms with van der Waals surface area (Å²) < 4.78 is 10.5. The average Bonchev–Trinajstić information content (AvgIpc) is 2.53. The first kappa shape index (κ1) is 15.8. The van der Waals surface area contributed by atoms with Gasteiger partial charge in [0.25, 0.3) is 5.91 Å². The van der Waals surface area contributed by atoms with Crippen molar-refractivity contribution in [3.63, 3.8) is 0 Å². The molecule has 6 heteroatoms. The van der Waals surface area contributed by atoms with Crippen LogP contribution in [0, 0.1) is 0 Å². The van der Waals surface area contributed by atoms with Gasteiger partial charge in [-0.25, -0.2) is 0 Å². The molecule has 2 rings (SSSR count). The molecule has 1 amide bonds. The Hall–Kier alpha value is -1.56. The summed E-state index contributed by atoms with van der Waals surface area (Å²) in [5.74, 6) is 1.99. The Bertz CT molecular complexity index is 522. The van der Waals surface area contributed by atoms with Crippen LogP contribution >= 0.6 is 11.8 Å². The van der Waals surface area contributed by atoms with E-state index in [-0.39, 0.29) is 5.91 Å². The highest BCUT2D eigenvalue weighted by molar-refractivity contribution is 8.00. The largest absolute Gasteiger partial charge is 0.493 e. The lowest BCUT2D eigenvalue weighted by molar-refractivity contribution is 0.0761. The Morgan fingerprint density at radius 3 is 2.67 bits per heavy atom. The highest BCUT2D eigenvalue weighted by Crippen LogP contribution is 2.33. The molecule has 21 heavy (non-hydrogen) atoms. The van der Waals surface area contributed by atoms with Crippen LogP contribution in [0.5, 0.6) is 11.5 Å². The van der Waals surface area contributed by atoms with E-state index >= 15 is 0 Å². The van der Waals surface area contributed by atoms with Gasteiger partial charge in [-0.2, -0.15) is 11.8 Å². The van der Waals surface area contributed by atoms with Crippen LogP contribution in [0.15, 0.2) is 12.1 Å². The Morgan fingerprint density at radius 2 is 2.05 bits per heavy atom. The fourth-order valence-corrected chi connectivity index (χ4v) is 3.58. The zero-order valence-corrected chi connectivity index (χ0v) is 13.5. The number of hydrogen-bond acceptors (Lipinski definition) is 5. The van der Waals surface area contributed by atoms with Crippen LogP contribution in [-0.2, 0) is 0 Å². The molecule has 0 bridgehead atoms. The average molecular weight is 310 g/mol. The van der Waals surface area contributed by atoms with Crippen LogP contribution < -0.4 is 15.2 Å². The highest BCUT2D eigenvalue weighted by atomic mass is 32.2. The molecule has 1 aliphatic heterocycles. The summed E-state index contributed by atoms with van der Waals surface area (Å²) in [5.41, 5.74) is 6.91. The first-order valence-corrected chi connectivity index (χ1v) is 8.08. The van der Waals surface area contributed by atoms with Crippen molar-refractivity contribution < 1.29 is 14.3 Å². The van der Waals surface area contributed by atoms with Crippen molar-refractivity contribution in [3.8, 4) is 11.5 Å². The molecule has 1 aromatic carbocycles. The Labute approximate surface area is 129 Å². The van der Waals surface area contributed by atoms with Crippen molar-refractivity contribution in [2.75, 3.05) is 38.8 Å². The number of hydrogen-bond donors (Lipinski definition) is 1. The molecule has 1 fully saturated rings. The second-order valence-electron chi connectivity index (χ2n) is 4.95. The van der Waals surface area contributed by atoms with Gasteiger partial charge in [-0.05, 0) is 12.5 Å². The van der Waals surface area contributed by atoms with Crippen molar-refractivity contribution in [1.29, 1.82) is 0 Å². The molecule has 0 radical (unpaired) electrons. The van der Waals surface area contributed by atoms with Crippen molar-refractivity contribution in [2.45, 2.75) is 18.6 Å². The third kappa shape index (κ3) is 3.37. The summed E-state index contributed by atoms with van der Waals surface area (Å²) in [6.45, 7) is 3.68. The number of anilines is 1. The number of nitrogens with zero attached hydrogens (tertiary/aromatic N) is 1. The van der Waals surface area contributed by atoms with Gasteiger partial charge in [-0.3, -0.25) is 4.79 Å². The summed E-state index contributed by atoms with van der Waals surface area (Å²) >= 11 is 1.93. The predicted molar refractivity (Wildman–Crippen MR) is 86.4 cm³/mol. The van der Waals surface area contributed by atoms with Crippen molar-refractivity contribution in [2.24, 2.45) is 0 Å². The van der Waals surface area contributed by atoms with Gasteiger partial charge in [0.15, 0.2) is 11.5 Å². The van der Waals surface area contributed by atoms with Crippen LogP contribution in [0.3, 0.4) is 0 Å². The van der Waals surface area contributed by atoms with Gasteiger partial charge < -0.3 is 20.1 Å². The molecule has 1 saturated heterocycles. The number of benzene rings is 1. The summed E-state index contributed by atoms with van der Waals surface area (Å²) in [5, 5.41) is 0.504. The monoisotopic (exact) mass is 310 g/mol. The van der Waals surface area contributed by atoms with E-state index in [0.29, 0.717) is 28.0 Å². The predicted octanol–water partition coefficient (Wildman–Crippen LogP) is 2.25. The number of methoxy groups -OCH3 is 2. The van der Waals surface area contributed by atoms with Crippen molar-refractivity contribution in [1.82, 2.24) is 4.90 Å². The van der Waals surface area contributed by atoms with Gasteiger partial charge in [0, 0.05) is 35.8 Å². The number of thioether (sulfide) groups is 1. The van der Waals surface area contributed by atoms with Gasteiger partial charge in [-0.1, -0.05) is 6.92 Å². The van der Waals surface area contributed by atoms with E-state index in [1.807, 2.05) is 16.7 Å². The lowest BCUT2D eigenvalue weighted by atomic mass is 10.1. The van der Waals surface area contributed by atoms with Crippen LogP contribution in [0.25, 0.3) is 0 Å². The molecule has 1 heterocycles. The molecule has 2 N–H and O–H groups in total. The van der Waals surface area contributed by atoms with Crippen molar-refractivity contribution >= 4 is 23.4 Å². The smallest absolute Gasteiger partial charge is 0.256 e. The maximum absolute atomic E-state index is 12.7. The first-order valence-electron chi connectivity index (χ1n) is 7.03. The van der Waals surface area contributed by atoms with Crippen molar-refractivity contribution in [3.05, 3.63) is 17.7 Å². The molecule has 0 saturated carbocycles. The number of ether oxygens (including phenoxy) is 2. The molecule has 0 aromatic heterocycles. The van der Waals surface area contributed by atoms with Gasteiger partial charge in [0.2, 0.25) is 0 Å². The zero-order valence-electron chi connectivity index (χ0n) is 12.7. The quantitative estimate of drug-likeness (QED) is 0.864. The van der Waals surface area contributed by atoms with Crippen LogP contribution in [0.2, 0.25) is 0 Å². The molecular formula is C15H22N2O3S. The molecule has 1 aromatic rings. The number of carbonyl (C=O) groups is 1. The number of rotatable bonds is 4. The molecule has 1 aliphatic rings. The van der Waals surface area contributed by atoms with E-state index in [2.05, 4.69) is 6.92 Å². The molecule has 1 atom stereocenters. The minimum atomic E-state index is -0.0350. The third-order valence-corrected chi connectivity index (χ3v) is 5.04. The Balaban J connectivity index is 2.26. The fraction of sp³-hybridized carbons (Fsp3) is 0.533. The van der Waals surface area contributed by atoms with E-state index in [0.717, 1.165) is 25.3 Å². The van der Waals surface area contributed by atoms with E-state index in [9.17, 15) is 4.79 Å². The molecule has 1 unspecified atom stereocenters. The topological polar surface area (TPSA) is 64.8 Å². The molecule has 116 valence electrons. The number of carbonyl (C=O) groups excluding carboxylic acids is 1. The summed E-state index contributed by atoms with van der Waals surface area (Å²) in [6, 6.07) is 3.31. The molecule has 0 spiro atoms. The molecule has 0 aliphatic carbocycles. The minimum absolute atomic E-state index is 0.0350. The van der Waals surface area contributed by atoms with Gasteiger partial charge in [-0.15, -0.1) is 0 Å². The normalized spacial score (nSPS) is 18.4. The van der Waals surface area contributed by atoms with Gasteiger partial charge in [0.1, 0.15) is 0 Å². The lowest BCUT2D eigenvalue weighted by Gasteiger charge is -2.32. The molecular weight excluding hydrogens is 288 g/mol. The van der Waals surface area contributed by atoms with Gasteiger partial charge in [0.05, 0.1) is 19.8 Å². The zero-order chi connectivity index (χ0) is 15.4.